The van der Waals surface area contributed by atoms with Crippen LogP contribution in [0.1, 0.15) is 0 Å². The average molecular weight is 322 g/mol. The summed E-state index contributed by atoms with van der Waals surface area (Å²) in [6.07, 6.45) is 0. The van der Waals surface area contributed by atoms with Gasteiger partial charge in [0.1, 0.15) is 5.75 Å². The quantitative estimate of drug-likeness (QED) is 0.714. The molecule has 0 unspecified atom stereocenters. The Morgan fingerprint density at radius 2 is 1.33 bits per heavy atom. The zero-order valence-corrected chi connectivity index (χ0v) is 13.0. The van der Waals surface area contributed by atoms with Crippen LogP contribution in [0.15, 0.2) is 42.5 Å². The highest BCUT2D eigenvalue weighted by Gasteiger charge is 2.19. The van der Waals surface area contributed by atoms with Crippen molar-refractivity contribution in [3.05, 3.63) is 42.5 Å². The first kappa shape index (κ1) is 13.4. The van der Waals surface area contributed by atoms with Crippen LogP contribution in [0.2, 0.25) is 0 Å². The van der Waals surface area contributed by atoms with Crippen molar-refractivity contribution in [3.63, 3.8) is 0 Å². The molecule has 0 atom stereocenters. The molecule has 0 bridgehead atoms. The molecule has 2 heterocycles. The highest BCUT2D eigenvalue weighted by molar-refractivity contribution is 5.91. The Labute approximate surface area is 138 Å². The molecule has 0 amide bonds. The number of ether oxygens (including phenoxy) is 5. The minimum atomic E-state index is 0.239. The van der Waals surface area contributed by atoms with Crippen LogP contribution in [0, 0.1) is 0 Å². The number of methoxy groups -OCH3 is 1. The Bertz CT molecular complexity index is 964. The van der Waals surface area contributed by atoms with Crippen molar-refractivity contribution >= 4 is 10.8 Å². The van der Waals surface area contributed by atoms with Crippen LogP contribution in [0.25, 0.3) is 21.9 Å². The minimum absolute atomic E-state index is 0.239. The smallest absolute Gasteiger partial charge is 0.231 e. The molecule has 2 aliphatic heterocycles. The summed E-state index contributed by atoms with van der Waals surface area (Å²) in [5, 5.41) is 2.18. The summed E-state index contributed by atoms with van der Waals surface area (Å²) in [6, 6.07) is 14.0. The first-order chi connectivity index (χ1) is 11.8. The Morgan fingerprint density at radius 3 is 2.04 bits per heavy atom. The average Bonchev–Trinajstić information content (AvgIpc) is 3.26. The molecule has 5 nitrogen and oxygen atoms in total. The van der Waals surface area contributed by atoms with Crippen molar-refractivity contribution < 1.29 is 23.7 Å². The Kier molecular flexibility index (Phi) is 2.76. The van der Waals surface area contributed by atoms with Crippen molar-refractivity contribution in [3.8, 4) is 39.9 Å². The van der Waals surface area contributed by atoms with Crippen LogP contribution in [-0.4, -0.2) is 20.7 Å². The molecular formula is C19H14O5. The molecule has 0 spiro atoms. The van der Waals surface area contributed by atoms with Crippen molar-refractivity contribution in [1.82, 2.24) is 0 Å². The molecule has 5 heteroatoms. The third-order valence-corrected chi connectivity index (χ3v) is 4.34. The van der Waals surface area contributed by atoms with E-state index in [-0.39, 0.29) is 13.6 Å². The maximum absolute atomic E-state index is 5.53. The molecule has 120 valence electrons. The molecule has 24 heavy (non-hydrogen) atoms. The molecule has 0 N–H and O–H groups in total. The third-order valence-electron chi connectivity index (χ3n) is 4.34. The number of benzene rings is 3. The topological polar surface area (TPSA) is 46.2 Å². The van der Waals surface area contributed by atoms with Crippen molar-refractivity contribution in [2.45, 2.75) is 0 Å². The van der Waals surface area contributed by atoms with Crippen molar-refractivity contribution in [1.29, 1.82) is 0 Å². The fraction of sp³-hybridized carbons (Fsp3) is 0.158. The van der Waals surface area contributed by atoms with Crippen LogP contribution in [0.3, 0.4) is 0 Å². The van der Waals surface area contributed by atoms with Crippen LogP contribution in [-0.2, 0) is 0 Å². The van der Waals surface area contributed by atoms with E-state index in [4.69, 9.17) is 23.7 Å². The van der Waals surface area contributed by atoms with Gasteiger partial charge in [0, 0.05) is 11.6 Å². The fourth-order valence-electron chi connectivity index (χ4n) is 3.12. The van der Waals surface area contributed by atoms with Crippen LogP contribution < -0.4 is 23.7 Å². The Balaban J connectivity index is 1.68. The maximum atomic E-state index is 5.53. The van der Waals surface area contributed by atoms with Gasteiger partial charge in [0.2, 0.25) is 13.6 Å². The normalized spacial score (nSPS) is 14.2. The third kappa shape index (κ3) is 1.94. The highest BCUT2D eigenvalue weighted by Crippen LogP contribution is 2.44. The molecule has 0 radical (unpaired) electrons. The van der Waals surface area contributed by atoms with Gasteiger partial charge in [-0.3, -0.25) is 0 Å². The summed E-state index contributed by atoms with van der Waals surface area (Å²) < 4.78 is 27.4. The highest BCUT2D eigenvalue weighted by atomic mass is 16.7. The molecule has 0 fully saturated rings. The Morgan fingerprint density at radius 1 is 0.708 bits per heavy atom. The van der Waals surface area contributed by atoms with Gasteiger partial charge in [0.25, 0.3) is 0 Å². The number of hydrogen-bond donors (Lipinski definition) is 0. The summed E-state index contributed by atoms with van der Waals surface area (Å²) in [5.74, 6) is 3.75. The van der Waals surface area contributed by atoms with Gasteiger partial charge in [-0.2, -0.15) is 0 Å². The van der Waals surface area contributed by atoms with Gasteiger partial charge in [0.05, 0.1) is 7.11 Å². The predicted molar refractivity (Wildman–Crippen MR) is 88.2 cm³/mol. The van der Waals surface area contributed by atoms with Crippen LogP contribution >= 0.6 is 0 Å². The monoisotopic (exact) mass is 322 g/mol. The molecular weight excluding hydrogens is 308 g/mol. The van der Waals surface area contributed by atoms with Gasteiger partial charge in [-0.1, -0.05) is 12.1 Å². The van der Waals surface area contributed by atoms with Crippen LogP contribution in [0.5, 0.6) is 28.7 Å². The second-order valence-electron chi connectivity index (χ2n) is 5.67. The lowest BCUT2D eigenvalue weighted by molar-refractivity contribution is 0.173. The predicted octanol–water partition coefficient (Wildman–Crippen LogP) is 3.97. The maximum Gasteiger partial charge on any atom is 0.231 e. The van der Waals surface area contributed by atoms with Gasteiger partial charge in [-0.25, -0.2) is 0 Å². The van der Waals surface area contributed by atoms with E-state index >= 15 is 0 Å². The fourth-order valence-corrected chi connectivity index (χ4v) is 3.12. The molecule has 5 rings (SSSR count). The number of rotatable bonds is 2. The lowest BCUT2D eigenvalue weighted by Gasteiger charge is -2.11. The molecule has 3 aromatic carbocycles. The molecule has 0 aliphatic carbocycles. The standard InChI is InChI=1S/C19H14O5/c1-20-15-8-19-18(23-10-24-19)7-14(15)12-3-2-11-5-16-17(22-9-21-16)6-13(11)4-12/h2-8H,9-10H2,1H3. The second-order valence-corrected chi connectivity index (χ2v) is 5.67. The first-order valence-electron chi connectivity index (χ1n) is 7.63. The largest absolute Gasteiger partial charge is 0.496 e. The second kappa shape index (κ2) is 4.96. The molecule has 0 aromatic heterocycles. The molecule has 0 saturated heterocycles. The van der Waals surface area contributed by atoms with Crippen molar-refractivity contribution in [2.75, 3.05) is 20.7 Å². The molecule has 3 aromatic rings. The van der Waals surface area contributed by atoms with Gasteiger partial charge >= 0.3 is 0 Å². The SMILES string of the molecule is COc1cc2c(cc1-c1ccc3cc4c(cc3c1)OCO4)OCO2. The summed E-state index contributed by atoms with van der Waals surface area (Å²) in [5.41, 5.74) is 2.00. The van der Waals surface area contributed by atoms with Crippen LogP contribution in [0.4, 0.5) is 0 Å². The summed E-state index contributed by atoms with van der Waals surface area (Å²) >= 11 is 0. The van der Waals surface area contributed by atoms with Gasteiger partial charge in [0.15, 0.2) is 23.0 Å². The van der Waals surface area contributed by atoms with E-state index < -0.39 is 0 Å². The lowest BCUT2D eigenvalue weighted by Crippen LogP contribution is -1.92. The van der Waals surface area contributed by atoms with E-state index in [1.54, 1.807) is 7.11 Å². The summed E-state index contributed by atoms with van der Waals surface area (Å²) in [4.78, 5) is 0. The number of fused-ring (bicyclic) bond motifs is 3. The minimum Gasteiger partial charge on any atom is -0.496 e. The van der Waals surface area contributed by atoms with E-state index in [0.717, 1.165) is 44.9 Å². The van der Waals surface area contributed by atoms with E-state index in [1.807, 2.05) is 24.3 Å². The zero-order chi connectivity index (χ0) is 16.1. The lowest BCUT2D eigenvalue weighted by atomic mass is 9.99. The summed E-state index contributed by atoms with van der Waals surface area (Å²) in [6.45, 7) is 0.512. The molecule has 2 aliphatic rings. The molecule has 0 saturated carbocycles. The summed E-state index contributed by atoms with van der Waals surface area (Å²) in [7, 11) is 1.65. The zero-order valence-electron chi connectivity index (χ0n) is 13.0. The first-order valence-corrected chi connectivity index (χ1v) is 7.63. The van der Waals surface area contributed by atoms with Gasteiger partial charge in [-0.15, -0.1) is 0 Å². The Hall–Kier alpha value is -3.08. The van der Waals surface area contributed by atoms with Gasteiger partial charge in [-0.05, 0) is 40.6 Å². The van der Waals surface area contributed by atoms with E-state index in [0.29, 0.717) is 5.75 Å². The van der Waals surface area contributed by atoms with E-state index in [1.165, 1.54) is 0 Å². The number of hydrogen-bond acceptors (Lipinski definition) is 5. The van der Waals surface area contributed by atoms with Crippen molar-refractivity contribution in [2.24, 2.45) is 0 Å². The van der Waals surface area contributed by atoms with Gasteiger partial charge < -0.3 is 23.7 Å². The van der Waals surface area contributed by atoms with E-state index in [9.17, 15) is 0 Å². The van der Waals surface area contributed by atoms with E-state index in [2.05, 4.69) is 18.2 Å².